The van der Waals surface area contributed by atoms with E-state index in [1.807, 2.05) is 0 Å². The van der Waals surface area contributed by atoms with E-state index in [2.05, 4.69) is 31.2 Å². The number of Topliss-reactive ketones (excluding diaryl/α,β-unsaturated/α-hetero) is 2. The molecule has 2 rings (SSSR count). The first-order chi connectivity index (χ1) is 13.0. The van der Waals surface area contributed by atoms with Crippen LogP contribution >= 0.6 is 0 Å². The van der Waals surface area contributed by atoms with Crippen LogP contribution in [0.4, 0.5) is 4.39 Å². The molecule has 0 heterocycles. The molecule has 0 unspecified atom stereocenters. The summed E-state index contributed by atoms with van der Waals surface area (Å²) in [5.74, 6) is -0.404. The number of aryl methyl sites for hydroxylation is 2. The molecule has 3 nitrogen and oxygen atoms in total. The average molecular weight is 370 g/mol. The van der Waals surface area contributed by atoms with Gasteiger partial charge in [-0.3, -0.25) is 9.59 Å². The molecular formula is C23H27FO3. The van der Waals surface area contributed by atoms with Crippen molar-refractivity contribution in [3.63, 3.8) is 0 Å². The van der Waals surface area contributed by atoms with Crippen LogP contribution in [0, 0.1) is 12.7 Å². The molecule has 0 fully saturated rings. The van der Waals surface area contributed by atoms with Crippen LogP contribution < -0.4 is 0 Å². The highest BCUT2D eigenvalue weighted by atomic mass is 19.1. The summed E-state index contributed by atoms with van der Waals surface area (Å²) in [6.45, 7) is 3.85. The largest absolute Gasteiger partial charge is 0.303 e. The Kier molecular flexibility index (Phi) is 10.5. The van der Waals surface area contributed by atoms with Crippen LogP contribution in [-0.2, 0) is 16.0 Å². The summed E-state index contributed by atoms with van der Waals surface area (Å²) in [6, 6.07) is 13.8. The van der Waals surface area contributed by atoms with Gasteiger partial charge in [-0.05, 0) is 49.6 Å². The van der Waals surface area contributed by atoms with E-state index in [1.165, 1.54) is 35.4 Å². The zero-order valence-corrected chi connectivity index (χ0v) is 16.0. The smallest absolute Gasteiger partial charge is 0.163 e. The van der Waals surface area contributed by atoms with Gasteiger partial charge in [-0.1, -0.05) is 36.8 Å². The number of benzene rings is 2. The number of unbranched alkanes of at least 4 members (excludes halogenated alkanes) is 1. The first kappa shape index (κ1) is 22.4. The lowest BCUT2D eigenvalue weighted by Gasteiger charge is -1.99. The summed E-state index contributed by atoms with van der Waals surface area (Å²) >= 11 is 0. The van der Waals surface area contributed by atoms with Crippen molar-refractivity contribution >= 4 is 17.9 Å². The number of aldehydes is 1. The molecule has 0 aliphatic carbocycles. The zero-order valence-electron chi connectivity index (χ0n) is 16.0. The molecule has 4 heteroatoms. The van der Waals surface area contributed by atoms with Crippen molar-refractivity contribution in [1.29, 1.82) is 0 Å². The van der Waals surface area contributed by atoms with E-state index < -0.39 is 0 Å². The van der Waals surface area contributed by atoms with Gasteiger partial charge in [0.1, 0.15) is 17.9 Å². The maximum atomic E-state index is 12.6. The second-order valence-corrected chi connectivity index (χ2v) is 6.37. The number of carbonyl (C=O) groups is 3. The second-order valence-electron chi connectivity index (χ2n) is 6.37. The fourth-order valence-corrected chi connectivity index (χ4v) is 2.35. The minimum Gasteiger partial charge on any atom is -0.303 e. The Morgan fingerprint density at radius 1 is 0.963 bits per heavy atom. The van der Waals surface area contributed by atoms with Gasteiger partial charge in [0.25, 0.3) is 0 Å². The molecule has 0 saturated heterocycles. The Bertz CT molecular complexity index is 718. The van der Waals surface area contributed by atoms with Crippen LogP contribution in [-0.4, -0.2) is 17.9 Å². The fraction of sp³-hybridized carbons (Fsp3) is 0.348. The molecule has 2 aromatic rings. The number of rotatable bonds is 9. The van der Waals surface area contributed by atoms with Crippen molar-refractivity contribution in [3.05, 3.63) is 71.0 Å². The molecule has 0 bridgehead atoms. The third-order valence-corrected chi connectivity index (χ3v) is 4.10. The maximum Gasteiger partial charge on any atom is 0.163 e. The lowest BCUT2D eigenvalue weighted by molar-refractivity contribution is -0.118. The van der Waals surface area contributed by atoms with Crippen molar-refractivity contribution in [2.75, 3.05) is 0 Å². The van der Waals surface area contributed by atoms with Crippen molar-refractivity contribution in [2.45, 2.75) is 52.4 Å². The van der Waals surface area contributed by atoms with Crippen molar-refractivity contribution in [1.82, 2.24) is 0 Å². The highest BCUT2D eigenvalue weighted by molar-refractivity contribution is 5.98. The Labute approximate surface area is 160 Å². The summed E-state index contributed by atoms with van der Waals surface area (Å²) in [7, 11) is 0. The molecule has 0 N–H and O–H groups in total. The number of halogens is 1. The molecule has 0 amide bonds. The van der Waals surface area contributed by atoms with E-state index in [4.69, 9.17) is 0 Å². The molecule has 0 radical (unpaired) electrons. The molecule has 144 valence electrons. The molecule has 27 heavy (non-hydrogen) atoms. The first-order valence-electron chi connectivity index (χ1n) is 9.26. The van der Waals surface area contributed by atoms with Crippen LogP contribution in [0.25, 0.3) is 0 Å². The van der Waals surface area contributed by atoms with E-state index in [0.29, 0.717) is 18.4 Å². The maximum absolute atomic E-state index is 12.6. The Morgan fingerprint density at radius 3 is 2.15 bits per heavy atom. The predicted molar refractivity (Wildman–Crippen MR) is 105 cm³/mol. The van der Waals surface area contributed by atoms with E-state index in [9.17, 15) is 18.8 Å². The van der Waals surface area contributed by atoms with Crippen LogP contribution in [0.5, 0.6) is 0 Å². The lowest BCUT2D eigenvalue weighted by atomic mass is 10.0. The molecule has 0 aliphatic heterocycles. The standard InChI is InChI=1S/C12H13FO2.C11H14O/c1-2-11(14)7-8-12(15)9-3-5-10(13)6-4-9;1-10-5-7-11(8-6-10)4-2-3-9-12/h3-6H,2,7-8H2,1H3;5-9H,2-4H2,1H3. The average Bonchev–Trinajstić information content (AvgIpc) is 2.68. The summed E-state index contributed by atoms with van der Waals surface area (Å²) in [6.07, 6.45) is 4.56. The Morgan fingerprint density at radius 2 is 1.59 bits per heavy atom. The first-order valence-corrected chi connectivity index (χ1v) is 9.26. The van der Waals surface area contributed by atoms with Gasteiger partial charge >= 0.3 is 0 Å². The van der Waals surface area contributed by atoms with Gasteiger partial charge in [-0.15, -0.1) is 0 Å². The number of ketones is 2. The fourth-order valence-electron chi connectivity index (χ4n) is 2.35. The van der Waals surface area contributed by atoms with E-state index in [0.717, 1.165) is 19.1 Å². The van der Waals surface area contributed by atoms with Crippen molar-refractivity contribution < 1.29 is 18.8 Å². The molecule has 2 aromatic carbocycles. The van der Waals surface area contributed by atoms with Gasteiger partial charge in [0.15, 0.2) is 5.78 Å². The minimum absolute atomic E-state index is 0.0745. The minimum atomic E-state index is -0.365. The van der Waals surface area contributed by atoms with Gasteiger partial charge in [-0.2, -0.15) is 0 Å². The zero-order chi connectivity index (χ0) is 20.1. The Hall–Kier alpha value is -2.62. The molecule has 0 aliphatic rings. The van der Waals surface area contributed by atoms with Crippen LogP contribution in [0.1, 0.15) is 60.5 Å². The van der Waals surface area contributed by atoms with E-state index >= 15 is 0 Å². The Balaban J connectivity index is 0.000000277. The summed E-state index contributed by atoms with van der Waals surface area (Å²) < 4.78 is 12.6. The summed E-state index contributed by atoms with van der Waals surface area (Å²) in [5.41, 5.74) is 3.07. The van der Waals surface area contributed by atoms with E-state index in [-0.39, 0.29) is 30.2 Å². The lowest BCUT2D eigenvalue weighted by Crippen LogP contribution is -2.03. The van der Waals surface area contributed by atoms with Gasteiger partial charge in [-0.25, -0.2) is 4.39 Å². The highest BCUT2D eigenvalue weighted by Crippen LogP contribution is 2.08. The molecule has 0 saturated carbocycles. The monoisotopic (exact) mass is 370 g/mol. The van der Waals surface area contributed by atoms with E-state index in [1.54, 1.807) is 6.92 Å². The highest BCUT2D eigenvalue weighted by Gasteiger charge is 2.08. The normalized spacial score (nSPS) is 9.89. The number of hydrogen-bond acceptors (Lipinski definition) is 3. The topological polar surface area (TPSA) is 51.2 Å². The van der Waals surface area contributed by atoms with Crippen LogP contribution in [0.2, 0.25) is 0 Å². The third-order valence-electron chi connectivity index (χ3n) is 4.10. The van der Waals surface area contributed by atoms with Crippen molar-refractivity contribution in [3.8, 4) is 0 Å². The predicted octanol–water partition coefficient (Wildman–Crippen LogP) is 5.28. The summed E-state index contributed by atoms with van der Waals surface area (Å²) in [5, 5.41) is 0. The molecule has 0 aromatic heterocycles. The second kappa shape index (κ2) is 12.7. The third kappa shape index (κ3) is 9.59. The van der Waals surface area contributed by atoms with Gasteiger partial charge in [0.05, 0.1) is 0 Å². The number of carbonyl (C=O) groups excluding carboxylic acids is 3. The number of hydrogen-bond donors (Lipinski definition) is 0. The van der Waals surface area contributed by atoms with Crippen LogP contribution in [0.3, 0.4) is 0 Å². The van der Waals surface area contributed by atoms with Gasteiger partial charge in [0, 0.05) is 31.2 Å². The van der Waals surface area contributed by atoms with Crippen molar-refractivity contribution in [2.24, 2.45) is 0 Å². The molecule has 0 atom stereocenters. The molecular weight excluding hydrogens is 343 g/mol. The quantitative estimate of drug-likeness (QED) is 0.343. The SMILES string of the molecule is CCC(=O)CCC(=O)c1ccc(F)cc1.Cc1ccc(CCCC=O)cc1. The summed E-state index contributed by atoms with van der Waals surface area (Å²) in [4.78, 5) is 32.5. The van der Waals surface area contributed by atoms with Crippen LogP contribution in [0.15, 0.2) is 48.5 Å². The van der Waals surface area contributed by atoms with Gasteiger partial charge < -0.3 is 4.79 Å². The molecule has 0 spiro atoms. The van der Waals surface area contributed by atoms with Gasteiger partial charge in [0.2, 0.25) is 0 Å².